The molecule has 0 aromatic heterocycles. The monoisotopic (exact) mass is 263 g/mol. The van der Waals surface area contributed by atoms with Crippen LogP contribution in [-0.2, 0) is 0 Å². The second-order valence-corrected chi connectivity index (χ2v) is 5.57. The molecule has 0 spiro atoms. The molecule has 1 N–H and O–H groups in total. The van der Waals surface area contributed by atoms with Crippen LogP contribution in [0.4, 0.5) is 5.69 Å². The third kappa shape index (κ3) is 4.73. The molecule has 106 valence electrons. The van der Waals surface area contributed by atoms with Crippen molar-refractivity contribution >= 4 is 5.69 Å². The van der Waals surface area contributed by atoms with E-state index in [1.165, 1.54) is 13.0 Å². The van der Waals surface area contributed by atoms with Gasteiger partial charge in [-0.1, -0.05) is 6.07 Å². The molecular formula is C15H25N3O. The molecule has 19 heavy (non-hydrogen) atoms. The standard InChI is InChI=1S/C15H25N3O/c1-17(2)9-10-19-15-6-4-5-13(11-15)16-14-7-8-18(3)12-14/h4-6,11,14,16H,7-10,12H2,1-3H3. The predicted octanol–water partition coefficient (Wildman–Crippen LogP) is 1.74. The smallest absolute Gasteiger partial charge is 0.121 e. The number of hydrogen-bond acceptors (Lipinski definition) is 4. The lowest BCUT2D eigenvalue weighted by Crippen LogP contribution is -2.23. The fraction of sp³-hybridized carbons (Fsp3) is 0.600. The van der Waals surface area contributed by atoms with Gasteiger partial charge in [0.05, 0.1) is 0 Å². The molecule has 1 unspecified atom stereocenters. The average molecular weight is 263 g/mol. The number of likely N-dealkylation sites (tertiary alicyclic amines) is 1. The number of nitrogens with one attached hydrogen (secondary N) is 1. The first kappa shape index (κ1) is 14.2. The molecule has 1 aliphatic rings. The van der Waals surface area contributed by atoms with Crippen molar-refractivity contribution < 1.29 is 4.74 Å². The lowest BCUT2D eigenvalue weighted by atomic mass is 10.2. The average Bonchev–Trinajstić information content (AvgIpc) is 2.75. The van der Waals surface area contributed by atoms with Gasteiger partial charge in [-0.05, 0) is 46.2 Å². The SMILES string of the molecule is CN(C)CCOc1cccc(NC2CCN(C)C2)c1. The first-order chi connectivity index (χ1) is 9.13. The van der Waals surface area contributed by atoms with Gasteiger partial charge in [0.2, 0.25) is 0 Å². The maximum Gasteiger partial charge on any atom is 0.121 e. The summed E-state index contributed by atoms with van der Waals surface area (Å²) in [6.07, 6.45) is 1.21. The molecule has 1 heterocycles. The summed E-state index contributed by atoms with van der Waals surface area (Å²) in [7, 11) is 6.28. The van der Waals surface area contributed by atoms with Gasteiger partial charge in [-0.25, -0.2) is 0 Å². The molecule has 1 saturated heterocycles. The predicted molar refractivity (Wildman–Crippen MR) is 80.0 cm³/mol. The molecule has 0 bridgehead atoms. The van der Waals surface area contributed by atoms with Gasteiger partial charge in [-0.2, -0.15) is 0 Å². The van der Waals surface area contributed by atoms with Crippen LogP contribution in [0.25, 0.3) is 0 Å². The van der Waals surface area contributed by atoms with Crippen LogP contribution in [0.5, 0.6) is 5.75 Å². The number of hydrogen-bond donors (Lipinski definition) is 1. The summed E-state index contributed by atoms with van der Waals surface area (Å²) in [5.41, 5.74) is 1.16. The third-order valence-electron chi connectivity index (χ3n) is 3.40. The molecule has 1 atom stereocenters. The van der Waals surface area contributed by atoms with Gasteiger partial charge in [0.1, 0.15) is 12.4 Å². The Kier molecular flexibility index (Phi) is 5.05. The van der Waals surface area contributed by atoms with Crippen LogP contribution in [0, 0.1) is 0 Å². The van der Waals surface area contributed by atoms with Crippen LogP contribution in [0.2, 0.25) is 0 Å². The fourth-order valence-electron chi connectivity index (χ4n) is 2.31. The molecule has 0 aliphatic carbocycles. The van der Waals surface area contributed by atoms with E-state index in [-0.39, 0.29) is 0 Å². The van der Waals surface area contributed by atoms with Gasteiger partial charge in [0, 0.05) is 30.9 Å². The summed E-state index contributed by atoms with van der Waals surface area (Å²) in [4.78, 5) is 4.48. The third-order valence-corrected chi connectivity index (χ3v) is 3.40. The van der Waals surface area contributed by atoms with Crippen molar-refractivity contribution in [1.29, 1.82) is 0 Å². The topological polar surface area (TPSA) is 27.7 Å². The fourth-order valence-corrected chi connectivity index (χ4v) is 2.31. The number of benzene rings is 1. The number of nitrogens with zero attached hydrogens (tertiary/aromatic N) is 2. The van der Waals surface area contributed by atoms with Gasteiger partial charge in [-0.3, -0.25) is 0 Å². The van der Waals surface area contributed by atoms with E-state index in [0.29, 0.717) is 6.04 Å². The van der Waals surface area contributed by atoms with E-state index in [1.54, 1.807) is 0 Å². The zero-order valence-electron chi connectivity index (χ0n) is 12.2. The Morgan fingerprint density at radius 2 is 2.26 bits per heavy atom. The van der Waals surface area contributed by atoms with Gasteiger partial charge >= 0.3 is 0 Å². The largest absolute Gasteiger partial charge is 0.492 e. The van der Waals surface area contributed by atoms with E-state index in [2.05, 4.69) is 48.4 Å². The molecule has 2 rings (SSSR count). The first-order valence-electron chi connectivity index (χ1n) is 6.96. The molecule has 1 aliphatic heterocycles. The Balaban J connectivity index is 1.84. The van der Waals surface area contributed by atoms with E-state index in [4.69, 9.17) is 4.74 Å². The Morgan fingerprint density at radius 1 is 1.42 bits per heavy atom. The van der Waals surface area contributed by atoms with Crippen LogP contribution in [0.15, 0.2) is 24.3 Å². The normalized spacial score (nSPS) is 19.9. The van der Waals surface area contributed by atoms with Crippen molar-refractivity contribution in [1.82, 2.24) is 9.80 Å². The van der Waals surface area contributed by atoms with Crippen molar-refractivity contribution in [2.75, 3.05) is 52.7 Å². The highest BCUT2D eigenvalue weighted by atomic mass is 16.5. The minimum absolute atomic E-state index is 0.557. The summed E-state index contributed by atoms with van der Waals surface area (Å²) >= 11 is 0. The van der Waals surface area contributed by atoms with E-state index < -0.39 is 0 Å². The Bertz CT molecular complexity index is 395. The maximum absolute atomic E-state index is 5.75. The van der Waals surface area contributed by atoms with Crippen LogP contribution in [-0.4, -0.2) is 63.2 Å². The highest BCUT2D eigenvalue weighted by Gasteiger charge is 2.18. The van der Waals surface area contributed by atoms with E-state index in [1.807, 2.05) is 12.1 Å². The minimum atomic E-state index is 0.557. The van der Waals surface area contributed by atoms with Gasteiger partial charge in [0.15, 0.2) is 0 Å². The van der Waals surface area contributed by atoms with Gasteiger partial charge < -0.3 is 19.9 Å². The van der Waals surface area contributed by atoms with E-state index in [9.17, 15) is 0 Å². The maximum atomic E-state index is 5.75. The molecule has 1 aromatic rings. The molecular weight excluding hydrogens is 238 g/mol. The Labute approximate surface area is 116 Å². The molecule has 4 nitrogen and oxygen atoms in total. The van der Waals surface area contributed by atoms with Crippen LogP contribution in [0.1, 0.15) is 6.42 Å². The number of likely N-dealkylation sites (N-methyl/N-ethyl adjacent to an activating group) is 2. The summed E-state index contributed by atoms with van der Waals surface area (Å²) in [5, 5.41) is 3.58. The zero-order valence-corrected chi connectivity index (χ0v) is 12.2. The number of rotatable bonds is 6. The second-order valence-electron chi connectivity index (χ2n) is 5.57. The number of anilines is 1. The first-order valence-corrected chi connectivity index (χ1v) is 6.96. The lowest BCUT2D eigenvalue weighted by Gasteiger charge is -2.16. The molecule has 0 amide bonds. The summed E-state index contributed by atoms with van der Waals surface area (Å²) in [6.45, 7) is 3.95. The molecule has 0 radical (unpaired) electrons. The summed E-state index contributed by atoms with van der Waals surface area (Å²) < 4.78 is 5.75. The van der Waals surface area contributed by atoms with Crippen molar-refractivity contribution in [3.8, 4) is 5.75 Å². The summed E-state index contributed by atoms with van der Waals surface area (Å²) in [6, 6.07) is 8.82. The molecule has 4 heteroatoms. The van der Waals surface area contributed by atoms with Crippen molar-refractivity contribution in [3.05, 3.63) is 24.3 Å². The van der Waals surface area contributed by atoms with Crippen molar-refractivity contribution in [2.45, 2.75) is 12.5 Å². The summed E-state index contributed by atoms with van der Waals surface area (Å²) in [5.74, 6) is 0.943. The molecule has 1 fully saturated rings. The Hall–Kier alpha value is -1.26. The molecule has 1 aromatic carbocycles. The van der Waals surface area contributed by atoms with Crippen LogP contribution in [0.3, 0.4) is 0 Å². The van der Waals surface area contributed by atoms with Gasteiger partial charge in [0.25, 0.3) is 0 Å². The highest BCUT2D eigenvalue weighted by Crippen LogP contribution is 2.20. The van der Waals surface area contributed by atoms with Crippen molar-refractivity contribution in [2.24, 2.45) is 0 Å². The quantitative estimate of drug-likeness (QED) is 0.846. The lowest BCUT2D eigenvalue weighted by molar-refractivity contribution is 0.261. The van der Waals surface area contributed by atoms with Crippen LogP contribution >= 0.6 is 0 Å². The van der Waals surface area contributed by atoms with E-state index in [0.717, 1.165) is 31.1 Å². The zero-order chi connectivity index (χ0) is 13.7. The number of ether oxygens (including phenoxy) is 1. The Morgan fingerprint density at radius 3 is 2.95 bits per heavy atom. The molecule has 0 saturated carbocycles. The second kappa shape index (κ2) is 6.78. The highest BCUT2D eigenvalue weighted by molar-refractivity contribution is 5.49. The van der Waals surface area contributed by atoms with Gasteiger partial charge in [-0.15, -0.1) is 0 Å². The van der Waals surface area contributed by atoms with E-state index >= 15 is 0 Å². The van der Waals surface area contributed by atoms with Crippen LogP contribution < -0.4 is 10.1 Å². The minimum Gasteiger partial charge on any atom is -0.492 e. The van der Waals surface area contributed by atoms with Crippen molar-refractivity contribution in [3.63, 3.8) is 0 Å².